The molecule has 2 rings (SSSR count). The van der Waals surface area contributed by atoms with Crippen LogP contribution < -0.4 is 5.30 Å². The topological polar surface area (TPSA) is 48.7 Å². The van der Waals surface area contributed by atoms with Gasteiger partial charge in [-0.05, 0) is 51.1 Å². The molecule has 0 aliphatic carbocycles. The zero-order valence-electron chi connectivity index (χ0n) is 12.3. The third-order valence-corrected chi connectivity index (χ3v) is 4.95. The van der Waals surface area contributed by atoms with Crippen molar-refractivity contribution in [3.05, 3.63) is 41.9 Å². The van der Waals surface area contributed by atoms with E-state index in [4.69, 9.17) is 13.5 Å². The average molecular weight is 312 g/mol. The lowest BCUT2D eigenvalue weighted by atomic mass is 10.2. The predicted octanol–water partition coefficient (Wildman–Crippen LogP) is 4.29. The highest BCUT2D eigenvalue weighted by Crippen LogP contribution is 2.49. The number of halogens is 1. The van der Waals surface area contributed by atoms with Crippen LogP contribution in [0.1, 0.15) is 19.6 Å². The van der Waals surface area contributed by atoms with E-state index in [1.165, 1.54) is 12.1 Å². The van der Waals surface area contributed by atoms with Gasteiger partial charge in [0.1, 0.15) is 22.6 Å². The summed E-state index contributed by atoms with van der Waals surface area (Å²) in [5.41, 5.74) is 0.624. The van der Waals surface area contributed by atoms with Crippen LogP contribution in [0.15, 0.2) is 34.7 Å². The molecule has 0 radical (unpaired) electrons. The smallest absolute Gasteiger partial charge is 0.365 e. The number of hydrogen-bond donors (Lipinski definition) is 0. The van der Waals surface area contributed by atoms with Gasteiger partial charge in [0.2, 0.25) is 0 Å². The summed E-state index contributed by atoms with van der Waals surface area (Å²) >= 11 is 0. The van der Waals surface area contributed by atoms with E-state index in [0.29, 0.717) is 22.4 Å². The van der Waals surface area contributed by atoms with Crippen LogP contribution in [0.25, 0.3) is 11.3 Å². The second-order valence-electron chi connectivity index (χ2n) is 4.41. The molecule has 114 valence electrons. The summed E-state index contributed by atoms with van der Waals surface area (Å²) in [4.78, 5) is 0. The zero-order valence-corrected chi connectivity index (χ0v) is 13.2. The lowest BCUT2D eigenvalue weighted by molar-refractivity contribution is 0.230. The van der Waals surface area contributed by atoms with Gasteiger partial charge in [-0.15, -0.1) is 0 Å². The quantitative estimate of drug-likeness (QED) is 0.747. The summed E-state index contributed by atoms with van der Waals surface area (Å²) in [5, 5.41) is 0.371. The minimum absolute atomic E-state index is 0.254. The SMILES string of the molecule is CCOP(=O)(OCC)c1cc(C)oc1-c1ccc(F)cc1. The molecule has 0 N–H and O–H groups in total. The van der Waals surface area contributed by atoms with Gasteiger partial charge < -0.3 is 13.5 Å². The summed E-state index contributed by atoms with van der Waals surface area (Å²) in [7, 11) is -3.45. The fraction of sp³-hybridized carbons (Fsp3) is 0.333. The maximum Gasteiger partial charge on any atom is 0.365 e. The Hall–Kier alpha value is -1.42. The highest BCUT2D eigenvalue weighted by Gasteiger charge is 2.33. The van der Waals surface area contributed by atoms with E-state index in [-0.39, 0.29) is 19.0 Å². The van der Waals surface area contributed by atoms with Crippen LogP contribution in [0.4, 0.5) is 4.39 Å². The molecule has 0 amide bonds. The maximum absolute atomic E-state index is 13.0. The van der Waals surface area contributed by atoms with Crippen LogP contribution in [0.2, 0.25) is 0 Å². The standard InChI is InChI=1S/C15H18FO4P/c1-4-18-21(17,19-5-2)14-10-11(3)20-15(14)12-6-8-13(16)9-7-12/h6-10H,4-5H2,1-3H3. The minimum Gasteiger partial charge on any atom is -0.460 e. The molecule has 0 atom stereocenters. The summed E-state index contributed by atoms with van der Waals surface area (Å²) in [5.74, 6) is 0.628. The van der Waals surface area contributed by atoms with E-state index >= 15 is 0 Å². The Kier molecular flexibility index (Phi) is 4.99. The van der Waals surface area contributed by atoms with Crippen molar-refractivity contribution in [2.75, 3.05) is 13.2 Å². The Morgan fingerprint density at radius 3 is 2.24 bits per heavy atom. The minimum atomic E-state index is -3.45. The third kappa shape index (κ3) is 3.43. The van der Waals surface area contributed by atoms with Crippen molar-refractivity contribution < 1.29 is 22.4 Å². The molecule has 0 saturated carbocycles. The molecular formula is C15H18FO4P. The number of furan rings is 1. The van der Waals surface area contributed by atoms with Crippen LogP contribution >= 0.6 is 7.60 Å². The van der Waals surface area contributed by atoms with Crippen LogP contribution in [0.5, 0.6) is 0 Å². The highest BCUT2D eigenvalue weighted by atomic mass is 31.2. The number of benzene rings is 1. The maximum atomic E-state index is 13.0. The van der Waals surface area contributed by atoms with E-state index in [1.807, 2.05) is 0 Å². The van der Waals surface area contributed by atoms with Gasteiger partial charge in [-0.25, -0.2) is 4.39 Å². The molecule has 0 saturated heterocycles. The fourth-order valence-electron chi connectivity index (χ4n) is 2.03. The molecule has 0 spiro atoms. The van der Waals surface area contributed by atoms with Crippen molar-refractivity contribution in [1.82, 2.24) is 0 Å². The molecular weight excluding hydrogens is 294 g/mol. The second kappa shape index (κ2) is 6.56. The van der Waals surface area contributed by atoms with Gasteiger partial charge in [0.25, 0.3) is 0 Å². The molecule has 0 aliphatic heterocycles. The first-order valence-corrected chi connectivity index (χ1v) is 8.30. The van der Waals surface area contributed by atoms with Crippen molar-refractivity contribution >= 4 is 12.9 Å². The second-order valence-corrected chi connectivity index (χ2v) is 6.40. The summed E-state index contributed by atoms with van der Waals surface area (Å²) in [6.07, 6.45) is 0. The summed E-state index contributed by atoms with van der Waals surface area (Å²) in [6.45, 7) is 5.75. The molecule has 1 aromatic carbocycles. The molecule has 0 bridgehead atoms. The molecule has 0 fully saturated rings. The predicted molar refractivity (Wildman–Crippen MR) is 79.3 cm³/mol. The molecule has 1 aromatic heterocycles. The van der Waals surface area contributed by atoms with Crippen LogP contribution in [0.3, 0.4) is 0 Å². The first-order valence-electron chi connectivity index (χ1n) is 6.76. The summed E-state index contributed by atoms with van der Waals surface area (Å²) < 4.78 is 42.3. The van der Waals surface area contributed by atoms with Gasteiger partial charge in [0, 0.05) is 5.56 Å². The van der Waals surface area contributed by atoms with E-state index in [0.717, 1.165) is 0 Å². The molecule has 21 heavy (non-hydrogen) atoms. The van der Waals surface area contributed by atoms with Crippen LogP contribution in [-0.4, -0.2) is 13.2 Å². The van der Waals surface area contributed by atoms with Gasteiger partial charge in [0.05, 0.1) is 13.2 Å². The fourth-order valence-corrected chi connectivity index (χ4v) is 3.82. The summed E-state index contributed by atoms with van der Waals surface area (Å²) in [6, 6.07) is 7.43. The van der Waals surface area contributed by atoms with Gasteiger partial charge >= 0.3 is 7.60 Å². The molecule has 6 heteroatoms. The Bertz CT molecular complexity index is 638. The average Bonchev–Trinajstić information content (AvgIpc) is 2.83. The Balaban J connectivity index is 2.54. The van der Waals surface area contributed by atoms with Crippen molar-refractivity contribution in [2.45, 2.75) is 20.8 Å². The van der Waals surface area contributed by atoms with Gasteiger partial charge in [-0.1, -0.05) is 0 Å². The molecule has 2 aromatic rings. The lowest BCUT2D eigenvalue weighted by Gasteiger charge is -2.16. The largest absolute Gasteiger partial charge is 0.460 e. The third-order valence-electron chi connectivity index (χ3n) is 2.84. The van der Waals surface area contributed by atoms with Gasteiger partial charge in [-0.3, -0.25) is 4.57 Å². The Labute approximate surface area is 123 Å². The monoisotopic (exact) mass is 312 g/mol. The molecule has 0 unspecified atom stereocenters. The Morgan fingerprint density at radius 2 is 1.71 bits per heavy atom. The van der Waals surface area contributed by atoms with Crippen molar-refractivity contribution in [1.29, 1.82) is 0 Å². The van der Waals surface area contributed by atoms with E-state index < -0.39 is 7.60 Å². The number of rotatable bonds is 6. The molecule has 0 aliphatic rings. The van der Waals surface area contributed by atoms with Gasteiger partial charge in [-0.2, -0.15) is 0 Å². The number of aryl methyl sites for hydroxylation is 1. The first kappa shape index (κ1) is 16.0. The van der Waals surface area contributed by atoms with Gasteiger partial charge in [0.15, 0.2) is 0 Å². The van der Waals surface area contributed by atoms with Crippen molar-refractivity contribution in [3.8, 4) is 11.3 Å². The van der Waals surface area contributed by atoms with E-state index in [9.17, 15) is 8.96 Å². The van der Waals surface area contributed by atoms with Crippen molar-refractivity contribution in [3.63, 3.8) is 0 Å². The molecule has 1 heterocycles. The van der Waals surface area contributed by atoms with Crippen LogP contribution in [-0.2, 0) is 13.6 Å². The van der Waals surface area contributed by atoms with Crippen LogP contribution in [0, 0.1) is 12.7 Å². The van der Waals surface area contributed by atoms with E-state index in [2.05, 4.69) is 0 Å². The van der Waals surface area contributed by atoms with E-state index in [1.54, 1.807) is 39.0 Å². The number of hydrogen-bond acceptors (Lipinski definition) is 4. The molecule has 4 nitrogen and oxygen atoms in total. The highest BCUT2D eigenvalue weighted by molar-refractivity contribution is 7.62. The zero-order chi connectivity index (χ0) is 15.5. The normalized spacial score (nSPS) is 11.8. The first-order chi connectivity index (χ1) is 10.00. The lowest BCUT2D eigenvalue weighted by Crippen LogP contribution is -2.11. The Morgan fingerprint density at radius 1 is 1.14 bits per heavy atom. The van der Waals surface area contributed by atoms with Crippen molar-refractivity contribution in [2.24, 2.45) is 0 Å².